The number of benzene rings is 1. The van der Waals surface area contributed by atoms with Gasteiger partial charge in [0.1, 0.15) is 17.0 Å². The van der Waals surface area contributed by atoms with Gasteiger partial charge in [0.25, 0.3) is 5.91 Å². The molecular formula is C18H24N6O3. The van der Waals surface area contributed by atoms with Crippen molar-refractivity contribution in [2.75, 3.05) is 23.7 Å². The predicted octanol–water partition coefficient (Wildman–Crippen LogP) is 1.64. The van der Waals surface area contributed by atoms with Gasteiger partial charge in [-0.1, -0.05) is 6.07 Å². The number of hydrogen-bond donors (Lipinski definition) is 4. The van der Waals surface area contributed by atoms with Gasteiger partial charge in [0.15, 0.2) is 0 Å². The van der Waals surface area contributed by atoms with E-state index in [1.807, 2.05) is 0 Å². The van der Waals surface area contributed by atoms with Crippen molar-refractivity contribution in [3.8, 4) is 0 Å². The number of nitrogens with zero attached hydrogens (tertiary/aromatic N) is 2. The lowest BCUT2D eigenvalue weighted by Crippen LogP contribution is -2.23. The molecule has 0 fully saturated rings. The van der Waals surface area contributed by atoms with Gasteiger partial charge < -0.3 is 26.8 Å². The zero-order chi connectivity index (χ0) is 20.0. The van der Waals surface area contributed by atoms with Crippen LogP contribution in [-0.2, 0) is 4.74 Å². The van der Waals surface area contributed by atoms with Crippen LogP contribution >= 0.6 is 0 Å². The van der Waals surface area contributed by atoms with Crippen LogP contribution in [0.4, 0.5) is 17.5 Å². The van der Waals surface area contributed by atoms with Crippen LogP contribution < -0.4 is 22.1 Å². The van der Waals surface area contributed by atoms with E-state index >= 15 is 0 Å². The first-order valence-electron chi connectivity index (χ1n) is 8.41. The number of carbonyl (C=O) groups excluding carboxylic acids is 2. The lowest BCUT2D eigenvalue weighted by atomic mass is 10.1. The molecule has 9 heteroatoms. The first-order chi connectivity index (χ1) is 12.7. The Hall–Kier alpha value is -3.20. The maximum absolute atomic E-state index is 12.2. The minimum absolute atomic E-state index is 0.121. The number of aromatic nitrogens is 2. The summed E-state index contributed by atoms with van der Waals surface area (Å²) < 4.78 is 5.37. The highest BCUT2D eigenvalue weighted by Gasteiger charge is 2.18. The molecule has 1 aromatic carbocycles. The van der Waals surface area contributed by atoms with Gasteiger partial charge in [-0.25, -0.2) is 9.78 Å². The number of ether oxygens (including phenoxy) is 1. The summed E-state index contributed by atoms with van der Waals surface area (Å²) in [7, 11) is 0. The quantitative estimate of drug-likeness (QED) is 0.537. The Balaban J connectivity index is 2.29. The number of rotatable bonds is 7. The molecule has 0 aliphatic heterocycles. The molecule has 1 aromatic heterocycles. The molecule has 0 aliphatic rings. The van der Waals surface area contributed by atoms with Crippen LogP contribution in [0.25, 0.3) is 0 Å². The van der Waals surface area contributed by atoms with E-state index in [9.17, 15) is 9.59 Å². The zero-order valence-corrected chi connectivity index (χ0v) is 15.6. The minimum Gasteiger partial charge on any atom is -0.456 e. The highest BCUT2D eigenvalue weighted by atomic mass is 16.6. The first-order valence-corrected chi connectivity index (χ1v) is 8.41. The summed E-state index contributed by atoms with van der Waals surface area (Å²) in [6.45, 7) is 6.26. The second-order valence-corrected chi connectivity index (χ2v) is 6.74. The topological polar surface area (TPSA) is 145 Å². The maximum Gasteiger partial charge on any atom is 0.338 e. The third kappa shape index (κ3) is 5.93. The molecule has 0 aliphatic carbocycles. The van der Waals surface area contributed by atoms with Crippen LogP contribution in [0.15, 0.2) is 30.5 Å². The highest BCUT2D eigenvalue weighted by Crippen LogP contribution is 2.21. The van der Waals surface area contributed by atoms with Crippen LogP contribution in [0.3, 0.4) is 0 Å². The number of anilines is 3. The van der Waals surface area contributed by atoms with Crippen LogP contribution in [0.2, 0.25) is 0 Å². The molecule has 27 heavy (non-hydrogen) atoms. The number of nitrogens with one attached hydrogen (secondary N) is 2. The Morgan fingerprint density at radius 2 is 2.00 bits per heavy atom. The molecule has 0 spiro atoms. The average molecular weight is 372 g/mol. The van der Waals surface area contributed by atoms with Gasteiger partial charge in [-0.2, -0.15) is 4.98 Å². The maximum atomic E-state index is 12.2. The van der Waals surface area contributed by atoms with E-state index in [-0.39, 0.29) is 11.4 Å². The summed E-state index contributed by atoms with van der Waals surface area (Å²) in [4.78, 5) is 32.2. The second-order valence-electron chi connectivity index (χ2n) is 6.74. The van der Waals surface area contributed by atoms with Crippen LogP contribution in [-0.4, -0.2) is 40.5 Å². The summed E-state index contributed by atoms with van der Waals surface area (Å²) in [5.74, 6) is -0.602. The normalized spacial score (nSPS) is 11.0. The number of esters is 1. The summed E-state index contributed by atoms with van der Waals surface area (Å²) in [5, 5.41) is 5.93. The van der Waals surface area contributed by atoms with Gasteiger partial charge >= 0.3 is 5.97 Å². The Bertz CT molecular complexity index is 832. The van der Waals surface area contributed by atoms with Crippen molar-refractivity contribution >= 4 is 29.3 Å². The predicted molar refractivity (Wildman–Crippen MR) is 103 cm³/mol. The Labute approximate surface area is 157 Å². The van der Waals surface area contributed by atoms with Gasteiger partial charge in [0, 0.05) is 25.0 Å². The lowest BCUT2D eigenvalue weighted by molar-refractivity contribution is 0.00694. The van der Waals surface area contributed by atoms with E-state index in [2.05, 4.69) is 20.6 Å². The minimum atomic E-state index is -0.675. The van der Waals surface area contributed by atoms with Crippen molar-refractivity contribution in [3.05, 3.63) is 41.6 Å². The molecule has 0 saturated heterocycles. The van der Waals surface area contributed by atoms with Gasteiger partial charge in [0.05, 0.1) is 5.56 Å². The summed E-state index contributed by atoms with van der Waals surface area (Å²) >= 11 is 0. The van der Waals surface area contributed by atoms with Crippen molar-refractivity contribution in [2.24, 2.45) is 11.5 Å². The third-order valence-corrected chi connectivity index (χ3v) is 3.24. The molecule has 1 amide bonds. The summed E-state index contributed by atoms with van der Waals surface area (Å²) in [5.41, 5.74) is 11.3. The highest BCUT2D eigenvalue weighted by molar-refractivity contribution is 5.98. The summed E-state index contributed by atoms with van der Waals surface area (Å²) in [6.07, 6.45) is 1.33. The monoisotopic (exact) mass is 372 g/mol. The van der Waals surface area contributed by atoms with E-state index in [0.717, 1.165) is 0 Å². The van der Waals surface area contributed by atoms with E-state index in [1.54, 1.807) is 45.0 Å². The molecule has 144 valence electrons. The fourth-order valence-corrected chi connectivity index (χ4v) is 2.12. The molecule has 6 N–H and O–H groups in total. The molecular weight excluding hydrogens is 348 g/mol. The third-order valence-electron chi connectivity index (χ3n) is 3.24. The Morgan fingerprint density at radius 3 is 2.63 bits per heavy atom. The largest absolute Gasteiger partial charge is 0.456 e. The molecule has 1 heterocycles. The van der Waals surface area contributed by atoms with Crippen LogP contribution in [0.5, 0.6) is 0 Å². The first kappa shape index (κ1) is 20.1. The smallest absolute Gasteiger partial charge is 0.338 e. The molecule has 0 atom stereocenters. The molecule has 0 unspecified atom stereocenters. The zero-order valence-electron chi connectivity index (χ0n) is 15.6. The lowest BCUT2D eigenvalue weighted by Gasteiger charge is -2.19. The average Bonchev–Trinajstić information content (AvgIpc) is 2.58. The van der Waals surface area contributed by atoms with Gasteiger partial charge in [0.2, 0.25) is 5.95 Å². The van der Waals surface area contributed by atoms with Gasteiger partial charge in [-0.3, -0.25) is 4.79 Å². The fourth-order valence-electron chi connectivity index (χ4n) is 2.12. The summed E-state index contributed by atoms with van der Waals surface area (Å²) in [6, 6.07) is 6.67. The fraction of sp³-hybridized carbons (Fsp3) is 0.333. The Kier molecular flexibility index (Phi) is 6.30. The number of amides is 1. The second kappa shape index (κ2) is 8.45. The molecule has 2 aromatic rings. The van der Waals surface area contributed by atoms with Crippen molar-refractivity contribution < 1.29 is 14.3 Å². The molecule has 0 saturated carbocycles. The molecule has 0 radical (unpaired) electrons. The molecule has 0 bridgehead atoms. The van der Waals surface area contributed by atoms with Crippen LogP contribution in [0.1, 0.15) is 41.5 Å². The Morgan fingerprint density at radius 1 is 1.26 bits per heavy atom. The molecule has 2 rings (SSSR count). The number of hydrogen-bond acceptors (Lipinski definition) is 8. The number of carbonyl (C=O) groups is 2. The standard InChI is InChI=1S/C18H24N6O3/c1-18(2,3)27-16(26)11-5-4-6-12(9-11)23-15-13(14(20)25)10-22-17(24-15)21-8-7-19/h4-6,9-10H,7-8,19H2,1-3H3,(H2,20,25)(H2,21,22,23,24). The van der Waals surface area contributed by atoms with Crippen molar-refractivity contribution in [3.63, 3.8) is 0 Å². The van der Waals surface area contributed by atoms with Gasteiger partial charge in [-0.05, 0) is 39.0 Å². The van der Waals surface area contributed by atoms with E-state index in [0.29, 0.717) is 30.3 Å². The number of nitrogens with two attached hydrogens (primary N) is 2. The van der Waals surface area contributed by atoms with Crippen molar-refractivity contribution in [2.45, 2.75) is 26.4 Å². The SMILES string of the molecule is CC(C)(C)OC(=O)c1cccc(Nc2nc(NCCN)ncc2C(N)=O)c1. The molecule has 9 nitrogen and oxygen atoms in total. The van der Waals surface area contributed by atoms with Gasteiger partial charge in [-0.15, -0.1) is 0 Å². The number of primary amides is 1. The van der Waals surface area contributed by atoms with E-state index in [4.69, 9.17) is 16.2 Å². The van der Waals surface area contributed by atoms with Crippen LogP contribution in [0, 0.1) is 0 Å². The van der Waals surface area contributed by atoms with Crippen molar-refractivity contribution in [1.82, 2.24) is 9.97 Å². The van der Waals surface area contributed by atoms with Crippen molar-refractivity contribution in [1.29, 1.82) is 0 Å². The van der Waals surface area contributed by atoms with E-state index < -0.39 is 17.5 Å². The van der Waals surface area contributed by atoms with E-state index in [1.165, 1.54) is 6.20 Å².